The van der Waals surface area contributed by atoms with Crippen molar-refractivity contribution in [3.05, 3.63) is 65.2 Å². The molecular formula is C21H27ClN2O2. The van der Waals surface area contributed by atoms with Crippen LogP contribution in [0.3, 0.4) is 0 Å². The highest BCUT2D eigenvalue weighted by Crippen LogP contribution is 2.37. The summed E-state index contributed by atoms with van der Waals surface area (Å²) in [6.45, 7) is 2.97. The van der Waals surface area contributed by atoms with E-state index >= 15 is 0 Å². The largest absolute Gasteiger partial charge is 0.478 e. The molecule has 2 aromatic rings. The fourth-order valence-electron chi connectivity index (χ4n) is 3.78. The van der Waals surface area contributed by atoms with Crippen LogP contribution >= 0.6 is 12.4 Å². The van der Waals surface area contributed by atoms with Gasteiger partial charge >= 0.3 is 5.97 Å². The number of hydrogen-bond donors (Lipinski definition) is 1. The third-order valence-corrected chi connectivity index (χ3v) is 5.04. The molecule has 1 fully saturated rings. The van der Waals surface area contributed by atoms with Crippen LogP contribution < -0.4 is 4.90 Å². The summed E-state index contributed by atoms with van der Waals surface area (Å²) in [5.74, 6) is -0.526. The highest BCUT2D eigenvalue weighted by molar-refractivity contribution is 5.91. The molecule has 0 aromatic heterocycles. The van der Waals surface area contributed by atoms with E-state index in [4.69, 9.17) is 0 Å². The van der Waals surface area contributed by atoms with Gasteiger partial charge in [-0.3, -0.25) is 4.90 Å². The Balaban J connectivity index is 0.00000243. The normalized spacial score (nSPS) is 15.3. The summed E-state index contributed by atoms with van der Waals surface area (Å²) < 4.78 is 0. The second kappa shape index (κ2) is 9.06. The number of carbonyl (C=O) groups is 1. The van der Waals surface area contributed by atoms with E-state index in [1.807, 2.05) is 37.2 Å². The fourth-order valence-corrected chi connectivity index (χ4v) is 3.78. The minimum Gasteiger partial charge on any atom is -0.478 e. The molecule has 0 bridgehead atoms. The second-order valence-electron chi connectivity index (χ2n) is 6.97. The van der Waals surface area contributed by atoms with Gasteiger partial charge in [-0.05, 0) is 55.1 Å². The summed E-state index contributed by atoms with van der Waals surface area (Å²) in [6, 6.07) is 16.1. The molecule has 1 saturated heterocycles. The molecule has 0 amide bonds. The van der Waals surface area contributed by atoms with Crippen molar-refractivity contribution in [3.63, 3.8) is 0 Å². The zero-order valence-corrected chi connectivity index (χ0v) is 16.2. The predicted octanol–water partition coefficient (Wildman–Crippen LogP) is 4.25. The average Bonchev–Trinajstić information content (AvgIpc) is 2.62. The smallest absolute Gasteiger partial charge is 0.336 e. The van der Waals surface area contributed by atoms with Crippen molar-refractivity contribution in [2.24, 2.45) is 0 Å². The lowest BCUT2D eigenvalue weighted by molar-refractivity contribution is 0.0694. The summed E-state index contributed by atoms with van der Waals surface area (Å²) >= 11 is 0. The van der Waals surface area contributed by atoms with Gasteiger partial charge in [0.1, 0.15) is 0 Å². The number of piperidine rings is 1. The summed E-state index contributed by atoms with van der Waals surface area (Å²) in [6.07, 6.45) is 2.00. The van der Waals surface area contributed by atoms with E-state index in [1.165, 1.54) is 5.56 Å². The van der Waals surface area contributed by atoms with E-state index in [-0.39, 0.29) is 12.4 Å². The van der Waals surface area contributed by atoms with E-state index in [0.717, 1.165) is 43.7 Å². The van der Waals surface area contributed by atoms with Gasteiger partial charge in [-0.1, -0.05) is 36.4 Å². The molecule has 0 radical (unpaired) electrons. The standard InChI is InChI=1S/C21H26N2O2.ClH/c1-22(2)19-10-6-9-18(21(24)25)20(19)17-11-13-23(14-12-17)15-16-7-4-3-5-8-16;/h3-10,17H,11-15H2,1-2H3,(H,24,25);1H. The molecule has 3 rings (SSSR count). The number of carboxylic acid groups (broad SMARTS) is 1. The van der Waals surface area contributed by atoms with Crippen molar-refractivity contribution in [1.82, 2.24) is 4.90 Å². The van der Waals surface area contributed by atoms with E-state index in [2.05, 4.69) is 29.2 Å². The Bertz CT molecular complexity index is 726. The lowest BCUT2D eigenvalue weighted by Gasteiger charge is -2.34. The second-order valence-corrected chi connectivity index (χ2v) is 6.97. The van der Waals surface area contributed by atoms with Crippen LogP contribution in [0.25, 0.3) is 0 Å². The average molecular weight is 375 g/mol. The van der Waals surface area contributed by atoms with Gasteiger partial charge in [-0.25, -0.2) is 4.79 Å². The molecule has 1 aliphatic rings. The Morgan fingerprint density at radius 2 is 1.73 bits per heavy atom. The molecule has 0 aliphatic carbocycles. The number of nitrogens with zero attached hydrogens (tertiary/aromatic N) is 2. The first-order valence-corrected chi connectivity index (χ1v) is 8.86. The van der Waals surface area contributed by atoms with Crippen molar-refractivity contribution >= 4 is 24.1 Å². The molecule has 1 heterocycles. The van der Waals surface area contributed by atoms with Gasteiger partial charge in [-0.2, -0.15) is 0 Å². The predicted molar refractivity (Wildman–Crippen MR) is 109 cm³/mol. The lowest BCUT2D eigenvalue weighted by atomic mass is 9.85. The maximum atomic E-state index is 11.7. The van der Waals surface area contributed by atoms with Crippen LogP contribution in [-0.2, 0) is 6.54 Å². The number of likely N-dealkylation sites (tertiary alicyclic amines) is 1. The fraction of sp³-hybridized carbons (Fsp3) is 0.381. The Hall–Kier alpha value is -2.04. The van der Waals surface area contributed by atoms with Crippen LogP contribution in [0.4, 0.5) is 5.69 Å². The monoisotopic (exact) mass is 374 g/mol. The number of halogens is 1. The van der Waals surface area contributed by atoms with Crippen LogP contribution in [0, 0.1) is 0 Å². The first-order valence-electron chi connectivity index (χ1n) is 8.86. The minimum absolute atomic E-state index is 0. The van der Waals surface area contributed by atoms with Crippen molar-refractivity contribution < 1.29 is 9.90 Å². The topological polar surface area (TPSA) is 43.8 Å². The summed E-state index contributed by atoms with van der Waals surface area (Å²) in [5, 5.41) is 9.62. The molecule has 0 spiro atoms. The molecule has 5 heteroatoms. The maximum Gasteiger partial charge on any atom is 0.336 e. The van der Waals surface area contributed by atoms with Crippen LogP contribution in [-0.4, -0.2) is 43.2 Å². The van der Waals surface area contributed by atoms with Gasteiger partial charge < -0.3 is 10.0 Å². The zero-order valence-electron chi connectivity index (χ0n) is 15.4. The summed E-state index contributed by atoms with van der Waals surface area (Å²) in [7, 11) is 3.96. The van der Waals surface area contributed by atoms with Crippen LogP contribution in [0.15, 0.2) is 48.5 Å². The van der Waals surface area contributed by atoms with Crippen molar-refractivity contribution in [2.45, 2.75) is 25.3 Å². The van der Waals surface area contributed by atoms with E-state index in [0.29, 0.717) is 11.5 Å². The SMILES string of the molecule is CN(C)c1cccc(C(=O)O)c1C1CCN(Cc2ccccc2)CC1.Cl. The Kier molecular flexibility index (Phi) is 7.06. The molecule has 140 valence electrons. The first kappa shape index (κ1) is 20.3. The molecule has 4 nitrogen and oxygen atoms in total. The van der Waals surface area contributed by atoms with Crippen molar-refractivity contribution in [1.29, 1.82) is 0 Å². The number of carboxylic acids is 1. The molecule has 2 aromatic carbocycles. The number of anilines is 1. The Morgan fingerprint density at radius 3 is 2.31 bits per heavy atom. The highest BCUT2D eigenvalue weighted by Gasteiger charge is 2.27. The highest BCUT2D eigenvalue weighted by atomic mass is 35.5. The van der Waals surface area contributed by atoms with E-state index in [9.17, 15) is 9.90 Å². The Labute approximate surface area is 161 Å². The third kappa shape index (κ3) is 4.57. The van der Waals surface area contributed by atoms with Crippen molar-refractivity contribution in [3.8, 4) is 0 Å². The number of rotatable bonds is 5. The van der Waals surface area contributed by atoms with Gasteiger partial charge in [0.15, 0.2) is 0 Å². The van der Waals surface area contributed by atoms with Gasteiger partial charge in [-0.15, -0.1) is 12.4 Å². The Morgan fingerprint density at radius 1 is 1.08 bits per heavy atom. The minimum atomic E-state index is -0.828. The molecule has 1 N–H and O–H groups in total. The quantitative estimate of drug-likeness (QED) is 0.849. The van der Waals surface area contributed by atoms with E-state index in [1.54, 1.807) is 6.07 Å². The summed E-state index contributed by atoms with van der Waals surface area (Å²) in [5.41, 5.74) is 3.81. The summed E-state index contributed by atoms with van der Waals surface area (Å²) in [4.78, 5) is 16.2. The molecular weight excluding hydrogens is 348 g/mol. The lowest BCUT2D eigenvalue weighted by Crippen LogP contribution is -2.33. The number of benzene rings is 2. The molecule has 1 aliphatic heterocycles. The van der Waals surface area contributed by atoms with Crippen LogP contribution in [0.2, 0.25) is 0 Å². The van der Waals surface area contributed by atoms with Gasteiger partial charge in [0.05, 0.1) is 5.56 Å². The molecule has 0 saturated carbocycles. The number of aromatic carboxylic acids is 1. The third-order valence-electron chi connectivity index (χ3n) is 5.04. The van der Waals surface area contributed by atoms with Gasteiger partial charge in [0, 0.05) is 26.3 Å². The maximum absolute atomic E-state index is 11.7. The van der Waals surface area contributed by atoms with Gasteiger partial charge in [0.25, 0.3) is 0 Å². The molecule has 0 atom stereocenters. The number of hydrogen-bond acceptors (Lipinski definition) is 3. The van der Waals surface area contributed by atoms with E-state index < -0.39 is 5.97 Å². The van der Waals surface area contributed by atoms with Crippen molar-refractivity contribution in [2.75, 3.05) is 32.1 Å². The molecule has 0 unspecified atom stereocenters. The molecule has 26 heavy (non-hydrogen) atoms. The zero-order chi connectivity index (χ0) is 17.8. The van der Waals surface area contributed by atoms with Gasteiger partial charge in [0.2, 0.25) is 0 Å². The van der Waals surface area contributed by atoms with Crippen LogP contribution in [0.5, 0.6) is 0 Å². The first-order chi connectivity index (χ1) is 12.1. The van der Waals surface area contributed by atoms with Crippen LogP contribution in [0.1, 0.15) is 40.2 Å².